The Morgan fingerprint density at radius 1 is 1.39 bits per heavy atom. The first-order valence-electron chi connectivity index (χ1n) is 7.43. The number of carbonyl (C=O) groups excluding carboxylic acids is 1. The monoisotopic (exact) mass is 268 g/mol. The molecule has 3 aliphatic rings. The Morgan fingerprint density at radius 2 is 2.17 bits per heavy atom. The molecule has 3 nitrogen and oxygen atoms in total. The first-order chi connectivity index (χ1) is 8.75. The molecule has 1 amide bonds. The molecule has 1 aliphatic heterocycles. The van der Waals surface area contributed by atoms with Gasteiger partial charge in [-0.2, -0.15) is 11.8 Å². The fourth-order valence-corrected chi connectivity index (χ4v) is 5.04. The summed E-state index contributed by atoms with van der Waals surface area (Å²) in [5.41, 5.74) is -0.157. The van der Waals surface area contributed by atoms with Crippen molar-refractivity contribution in [3.05, 3.63) is 0 Å². The molecule has 1 N–H and O–H groups in total. The fourth-order valence-electron chi connectivity index (χ4n) is 3.91. The maximum Gasteiger partial charge on any atom is 0.244 e. The fraction of sp³-hybridized carbons (Fsp3) is 0.929. The second-order valence-electron chi connectivity index (χ2n) is 5.94. The molecule has 0 aromatic rings. The lowest BCUT2D eigenvalue weighted by molar-refractivity contribution is -0.134. The molecule has 3 rings (SSSR count). The van der Waals surface area contributed by atoms with E-state index < -0.39 is 0 Å². The Morgan fingerprint density at radius 3 is 2.89 bits per heavy atom. The average molecular weight is 268 g/mol. The zero-order chi connectivity index (χ0) is 12.6. The maximum atomic E-state index is 12.6. The molecule has 0 aromatic heterocycles. The molecule has 102 valence electrons. The van der Waals surface area contributed by atoms with Gasteiger partial charge in [0.15, 0.2) is 0 Å². The van der Waals surface area contributed by atoms with Gasteiger partial charge in [0.05, 0.1) is 12.2 Å². The molecular weight excluding hydrogens is 244 g/mol. The standard InChI is InChI=1S/C14H24N2OS/c1-2-18-12-6-5-11(9-12)16-10-15-14(13(16)17)7-3-4-8-14/h11-12,15H,2-10H2,1H3. The lowest BCUT2D eigenvalue weighted by Gasteiger charge is -2.26. The summed E-state index contributed by atoms with van der Waals surface area (Å²) in [6.45, 7) is 3.03. The number of hydrogen-bond donors (Lipinski definition) is 1. The predicted octanol–water partition coefficient (Wildman–Crippen LogP) is 2.36. The summed E-state index contributed by atoms with van der Waals surface area (Å²) in [7, 11) is 0. The van der Waals surface area contributed by atoms with Crippen molar-refractivity contribution in [3.63, 3.8) is 0 Å². The number of hydrogen-bond acceptors (Lipinski definition) is 3. The summed E-state index contributed by atoms with van der Waals surface area (Å²) in [5.74, 6) is 1.61. The van der Waals surface area contributed by atoms with E-state index in [-0.39, 0.29) is 5.54 Å². The molecule has 1 saturated heterocycles. The molecule has 2 atom stereocenters. The minimum atomic E-state index is -0.157. The van der Waals surface area contributed by atoms with Crippen LogP contribution in [0.5, 0.6) is 0 Å². The first-order valence-corrected chi connectivity index (χ1v) is 8.48. The van der Waals surface area contributed by atoms with Crippen LogP contribution < -0.4 is 5.32 Å². The van der Waals surface area contributed by atoms with Gasteiger partial charge in [-0.1, -0.05) is 19.8 Å². The van der Waals surface area contributed by atoms with Crippen molar-refractivity contribution < 1.29 is 4.79 Å². The van der Waals surface area contributed by atoms with Crippen molar-refractivity contribution in [2.45, 2.75) is 68.7 Å². The number of carbonyl (C=O) groups is 1. The van der Waals surface area contributed by atoms with Gasteiger partial charge in [-0.25, -0.2) is 0 Å². The second-order valence-corrected chi connectivity index (χ2v) is 7.52. The molecule has 0 bridgehead atoms. The summed E-state index contributed by atoms with van der Waals surface area (Å²) in [6, 6.07) is 0.508. The van der Waals surface area contributed by atoms with Gasteiger partial charge >= 0.3 is 0 Å². The highest BCUT2D eigenvalue weighted by molar-refractivity contribution is 7.99. The summed E-state index contributed by atoms with van der Waals surface area (Å²) in [5, 5.41) is 4.31. The van der Waals surface area contributed by atoms with E-state index in [0.717, 1.165) is 24.8 Å². The molecule has 1 spiro atoms. The second kappa shape index (κ2) is 5.04. The Balaban J connectivity index is 1.63. The Hall–Kier alpha value is -0.220. The molecule has 4 heteroatoms. The molecule has 0 aromatic carbocycles. The number of rotatable bonds is 3. The van der Waals surface area contributed by atoms with Gasteiger partial charge in [0.2, 0.25) is 5.91 Å². The van der Waals surface area contributed by atoms with Crippen LogP contribution in [0.1, 0.15) is 51.9 Å². The van der Waals surface area contributed by atoms with E-state index in [1.807, 2.05) is 0 Å². The number of amides is 1. The zero-order valence-corrected chi connectivity index (χ0v) is 12.1. The van der Waals surface area contributed by atoms with Crippen molar-refractivity contribution in [2.24, 2.45) is 0 Å². The third-order valence-corrected chi connectivity index (χ3v) is 6.15. The van der Waals surface area contributed by atoms with Crippen LogP contribution in [0.4, 0.5) is 0 Å². The predicted molar refractivity (Wildman–Crippen MR) is 75.6 cm³/mol. The number of thioether (sulfide) groups is 1. The van der Waals surface area contributed by atoms with E-state index in [0.29, 0.717) is 11.9 Å². The van der Waals surface area contributed by atoms with Crippen LogP contribution in [0.25, 0.3) is 0 Å². The van der Waals surface area contributed by atoms with Crippen molar-refractivity contribution in [1.82, 2.24) is 10.2 Å². The number of nitrogens with one attached hydrogen (secondary N) is 1. The van der Waals surface area contributed by atoms with Gasteiger partial charge in [-0.05, 0) is 37.9 Å². The van der Waals surface area contributed by atoms with Gasteiger partial charge in [0.25, 0.3) is 0 Å². The number of nitrogens with zero attached hydrogens (tertiary/aromatic N) is 1. The average Bonchev–Trinajstić information content (AvgIpc) is 3.05. The molecule has 2 unspecified atom stereocenters. The lowest BCUT2D eigenvalue weighted by atomic mass is 9.97. The zero-order valence-electron chi connectivity index (χ0n) is 11.3. The molecular formula is C14H24N2OS. The van der Waals surface area contributed by atoms with E-state index in [2.05, 4.69) is 28.9 Å². The topological polar surface area (TPSA) is 32.3 Å². The molecule has 2 saturated carbocycles. The van der Waals surface area contributed by atoms with E-state index >= 15 is 0 Å². The van der Waals surface area contributed by atoms with E-state index in [1.54, 1.807) is 0 Å². The highest BCUT2D eigenvalue weighted by Gasteiger charge is 2.50. The van der Waals surface area contributed by atoms with Crippen molar-refractivity contribution >= 4 is 17.7 Å². The summed E-state index contributed by atoms with van der Waals surface area (Å²) >= 11 is 2.07. The molecule has 18 heavy (non-hydrogen) atoms. The van der Waals surface area contributed by atoms with Gasteiger partial charge in [0, 0.05) is 11.3 Å². The Bertz CT molecular complexity index is 328. The normalized spacial score (nSPS) is 34.9. The lowest BCUT2D eigenvalue weighted by Crippen LogP contribution is -2.45. The third-order valence-electron chi connectivity index (χ3n) is 4.92. The van der Waals surface area contributed by atoms with Crippen LogP contribution in [0.15, 0.2) is 0 Å². The minimum absolute atomic E-state index is 0.157. The van der Waals surface area contributed by atoms with Gasteiger partial charge in [-0.3, -0.25) is 10.1 Å². The molecule has 2 aliphatic carbocycles. The smallest absolute Gasteiger partial charge is 0.244 e. The highest BCUT2D eigenvalue weighted by atomic mass is 32.2. The summed E-state index contributed by atoms with van der Waals surface area (Å²) < 4.78 is 0. The van der Waals surface area contributed by atoms with Crippen molar-refractivity contribution in [2.75, 3.05) is 12.4 Å². The SMILES string of the molecule is CCSC1CCC(N2CNC3(CCCC3)C2=O)C1. The van der Waals surface area contributed by atoms with Crippen LogP contribution in [-0.2, 0) is 4.79 Å². The van der Waals surface area contributed by atoms with Crippen LogP contribution in [0.3, 0.4) is 0 Å². The molecule has 3 fully saturated rings. The van der Waals surface area contributed by atoms with Crippen LogP contribution in [0, 0.1) is 0 Å². The Kier molecular flexibility index (Phi) is 3.59. The molecule has 1 heterocycles. The van der Waals surface area contributed by atoms with Crippen LogP contribution in [-0.4, -0.2) is 40.1 Å². The van der Waals surface area contributed by atoms with E-state index in [9.17, 15) is 4.79 Å². The van der Waals surface area contributed by atoms with Crippen molar-refractivity contribution in [3.8, 4) is 0 Å². The van der Waals surface area contributed by atoms with Gasteiger partial charge in [0.1, 0.15) is 0 Å². The van der Waals surface area contributed by atoms with E-state index in [4.69, 9.17) is 0 Å². The summed E-state index contributed by atoms with van der Waals surface area (Å²) in [6.07, 6.45) is 8.25. The minimum Gasteiger partial charge on any atom is -0.325 e. The highest BCUT2D eigenvalue weighted by Crippen LogP contribution is 2.39. The largest absolute Gasteiger partial charge is 0.325 e. The first kappa shape index (κ1) is 12.8. The van der Waals surface area contributed by atoms with Gasteiger partial charge in [-0.15, -0.1) is 0 Å². The Labute approximate surface area is 114 Å². The summed E-state index contributed by atoms with van der Waals surface area (Å²) in [4.78, 5) is 14.8. The van der Waals surface area contributed by atoms with Crippen LogP contribution >= 0.6 is 11.8 Å². The quantitative estimate of drug-likeness (QED) is 0.853. The third kappa shape index (κ3) is 2.07. The maximum absolute atomic E-state index is 12.6. The van der Waals surface area contributed by atoms with E-state index in [1.165, 1.54) is 37.9 Å². The molecule has 0 radical (unpaired) electrons. The van der Waals surface area contributed by atoms with Crippen LogP contribution in [0.2, 0.25) is 0 Å². The van der Waals surface area contributed by atoms with Crippen molar-refractivity contribution in [1.29, 1.82) is 0 Å². The van der Waals surface area contributed by atoms with Gasteiger partial charge < -0.3 is 4.90 Å².